The Morgan fingerprint density at radius 1 is 1.17 bits per heavy atom. The fourth-order valence-electron chi connectivity index (χ4n) is 5.32. The van der Waals surface area contributed by atoms with E-state index in [1.807, 2.05) is 19.1 Å². The Morgan fingerprint density at radius 2 is 1.97 bits per heavy atom. The molecule has 1 unspecified atom stereocenters. The van der Waals surface area contributed by atoms with E-state index in [1.165, 1.54) is 0 Å². The third-order valence-corrected chi connectivity index (χ3v) is 6.76. The number of aliphatic hydroxyl groups is 1. The van der Waals surface area contributed by atoms with Gasteiger partial charge in [-0.15, -0.1) is 0 Å². The highest BCUT2D eigenvalue weighted by atomic mass is 16.5. The second-order valence-electron chi connectivity index (χ2n) is 9.28. The number of hydrogen-bond donors (Lipinski definition) is 2. The van der Waals surface area contributed by atoms with Gasteiger partial charge in [-0.2, -0.15) is 0 Å². The first-order chi connectivity index (χ1) is 14.3. The topological polar surface area (TPSA) is 99.2 Å². The molecule has 3 heterocycles. The summed E-state index contributed by atoms with van der Waals surface area (Å²) in [4.78, 5) is 40.3. The third-order valence-electron chi connectivity index (χ3n) is 6.76. The minimum Gasteiger partial charge on any atom is -0.489 e. The molecule has 160 valence electrons. The SMILES string of the molecule is CC1(O)CN([C@@H]2CCC[C@@H]2Oc2ccc3c(c2)CN(C2CCC(=O)NC2=O)C3=O)C1. The molecule has 0 bridgehead atoms. The van der Waals surface area contributed by atoms with Crippen molar-refractivity contribution >= 4 is 17.7 Å². The van der Waals surface area contributed by atoms with Crippen molar-refractivity contribution in [3.05, 3.63) is 29.3 Å². The minimum absolute atomic E-state index is 0.0718. The molecule has 1 aliphatic carbocycles. The molecule has 3 aliphatic heterocycles. The van der Waals surface area contributed by atoms with Crippen LogP contribution in [0.15, 0.2) is 18.2 Å². The summed E-state index contributed by atoms with van der Waals surface area (Å²) in [6.45, 7) is 3.56. The van der Waals surface area contributed by atoms with E-state index < -0.39 is 17.6 Å². The van der Waals surface area contributed by atoms with Gasteiger partial charge in [0.1, 0.15) is 17.9 Å². The number of rotatable bonds is 4. The second kappa shape index (κ2) is 7.06. The molecule has 3 fully saturated rings. The maximum atomic E-state index is 12.8. The maximum absolute atomic E-state index is 12.8. The zero-order valence-electron chi connectivity index (χ0n) is 17.1. The van der Waals surface area contributed by atoms with Gasteiger partial charge < -0.3 is 14.7 Å². The number of likely N-dealkylation sites (tertiary alicyclic amines) is 1. The van der Waals surface area contributed by atoms with Crippen LogP contribution >= 0.6 is 0 Å². The van der Waals surface area contributed by atoms with Crippen molar-refractivity contribution in [2.45, 2.75) is 69.4 Å². The number of imide groups is 1. The molecule has 0 aromatic heterocycles. The molecule has 1 aromatic rings. The Labute approximate surface area is 175 Å². The predicted molar refractivity (Wildman–Crippen MR) is 107 cm³/mol. The molecule has 4 aliphatic rings. The molecule has 5 rings (SSSR count). The second-order valence-corrected chi connectivity index (χ2v) is 9.28. The van der Waals surface area contributed by atoms with Crippen LogP contribution in [0.4, 0.5) is 0 Å². The average Bonchev–Trinajstić information content (AvgIpc) is 3.24. The number of β-amino-alcohol motifs (C(OH)–C–C–N with tert-alkyl or cyclic N) is 1. The highest BCUT2D eigenvalue weighted by Crippen LogP contribution is 2.35. The summed E-state index contributed by atoms with van der Waals surface area (Å²) in [5.74, 6) is -0.127. The lowest BCUT2D eigenvalue weighted by Gasteiger charge is -2.48. The lowest BCUT2D eigenvalue weighted by Crippen LogP contribution is -2.64. The van der Waals surface area contributed by atoms with Crippen LogP contribution in [0, 0.1) is 0 Å². The first-order valence-electron chi connectivity index (χ1n) is 10.7. The Bertz CT molecular complexity index is 906. The van der Waals surface area contributed by atoms with Gasteiger partial charge in [-0.25, -0.2) is 0 Å². The summed E-state index contributed by atoms with van der Waals surface area (Å²) < 4.78 is 6.31. The van der Waals surface area contributed by atoms with Crippen LogP contribution in [-0.4, -0.2) is 69.5 Å². The fourth-order valence-corrected chi connectivity index (χ4v) is 5.32. The van der Waals surface area contributed by atoms with E-state index in [4.69, 9.17) is 4.74 Å². The first-order valence-corrected chi connectivity index (χ1v) is 10.7. The Morgan fingerprint density at radius 3 is 2.70 bits per heavy atom. The number of fused-ring (bicyclic) bond motifs is 1. The highest BCUT2D eigenvalue weighted by Gasteiger charge is 2.45. The van der Waals surface area contributed by atoms with E-state index in [1.54, 1.807) is 11.0 Å². The number of amides is 3. The quantitative estimate of drug-likeness (QED) is 0.709. The van der Waals surface area contributed by atoms with Gasteiger partial charge in [0.15, 0.2) is 0 Å². The number of carbonyl (C=O) groups is 3. The highest BCUT2D eigenvalue weighted by molar-refractivity contribution is 6.05. The van der Waals surface area contributed by atoms with E-state index >= 15 is 0 Å². The molecule has 1 aromatic carbocycles. The summed E-state index contributed by atoms with van der Waals surface area (Å²) in [5.41, 5.74) is 0.845. The first kappa shape index (κ1) is 19.5. The smallest absolute Gasteiger partial charge is 0.255 e. The lowest BCUT2D eigenvalue weighted by atomic mass is 9.93. The molecular formula is C22H27N3O5. The van der Waals surface area contributed by atoms with E-state index in [-0.39, 0.29) is 24.3 Å². The van der Waals surface area contributed by atoms with E-state index in [0.717, 1.165) is 30.6 Å². The number of nitrogens with zero attached hydrogens (tertiary/aromatic N) is 2. The van der Waals surface area contributed by atoms with Crippen molar-refractivity contribution in [3.8, 4) is 5.75 Å². The minimum atomic E-state index is -0.606. The van der Waals surface area contributed by atoms with Crippen LogP contribution in [0.25, 0.3) is 0 Å². The number of nitrogens with one attached hydrogen (secondary N) is 1. The number of hydrogen-bond acceptors (Lipinski definition) is 6. The number of carbonyl (C=O) groups excluding carboxylic acids is 3. The van der Waals surface area contributed by atoms with Crippen molar-refractivity contribution in [1.82, 2.24) is 15.1 Å². The van der Waals surface area contributed by atoms with Gasteiger partial charge in [-0.3, -0.25) is 24.6 Å². The van der Waals surface area contributed by atoms with Crippen LogP contribution in [0.5, 0.6) is 5.75 Å². The zero-order chi connectivity index (χ0) is 21.0. The van der Waals surface area contributed by atoms with Crippen LogP contribution in [-0.2, 0) is 16.1 Å². The average molecular weight is 413 g/mol. The molecule has 2 saturated heterocycles. The van der Waals surface area contributed by atoms with Gasteiger partial charge in [-0.1, -0.05) is 0 Å². The molecule has 8 heteroatoms. The standard InChI is InChI=1S/C22H27N3O5/c1-22(29)11-24(12-22)16-3-2-4-18(16)30-14-5-6-15-13(9-14)10-25(21(15)28)17-7-8-19(26)23-20(17)27/h5-6,9,16-18,29H,2-4,7-8,10-12H2,1H3,(H,23,26,27)/t16-,17?,18+/m1/s1. The normalized spacial score (nSPS) is 30.8. The summed E-state index contributed by atoms with van der Waals surface area (Å²) in [5, 5.41) is 12.4. The fraction of sp³-hybridized carbons (Fsp3) is 0.591. The van der Waals surface area contributed by atoms with Crippen molar-refractivity contribution in [1.29, 1.82) is 0 Å². The molecule has 1 saturated carbocycles. The maximum Gasteiger partial charge on any atom is 0.255 e. The largest absolute Gasteiger partial charge is 0.489 e. The lowest BCUT2D eigenvalue weighted by molar-refractivity contribution is -0.136. The molecule has 0 spiro atoms. The van der Waals surface area contributed by atoms with Crippen LogP contribution in [0.2, 0.25) is 0 Å². The Hall–Kier alpha value is -2.45. The summed E-state index contributed by atoms with van der Waals surface area (Å²) >= 11 is 0. The van der Waals surface area contributed by atoms with E-state index in [2.05, 4.69) is 10.2 Å². The van der Waals surface area contributed by atoms with Gasteiger partial charge in [0.05, 0.1) is 5.60 Å². The summed E-state index contributed by atoms with van der Waals surface area (Å²) in [6.07, 6.45) is 3.81. The van der Waals surface area contributed by atoms with Crippen LogP contribution in [0.3, 0.4) is 0 Å². The molecular weight excluding hydrogens is 386 g/mol. The monoisotopic (exact) mass is 413 g/mol. The van der Waals surface area contributed by atoms with Gasteiger partial charge in [0.2, 0.25) is 11.8 Å². The molecule has 30 heavy (non-hydrogen) atoms. The van der Waals surface area contributed by atoms with Crippen LogP contribution in [0.1, 0.15) is 54.9 Å². The number of piperidine rings is 1. The summed E-state index contributed by atoms with van der Waals surface area (Å²) in [6, 6.07) is 5.20. The van der Waals surface area contributed by atoms with E-state index in [9.17, 15) is 19.5 Å². The van der Waals surface area contributed by atoms with Crippen molar-refractivity contribution in [3.63, 3.8) is 0 Å². The molecule has 0 radical (unpaired) electrons. The van der Waals surface area contributed by atoms with Gasteiger partial charge in [0.25, 0.3) is 5.91 Å². The van der Waals surface area contributed by atoms with Gasteiger partial charge in [0, 0.05) is 37.7 Å². The predicted octanol–water partition coefficient (Wildman–Crippen LogP) is 0.814. The van der Waals surface area contributed by atoms with Crippen molar-refractivity contribution < 1.29 is 24.2 Å². The van der Waals surface area contributed by atoms with Crippen molar-refractivity contribution in [2.75, 3.05) is 13.1 Å². The van der Waals surface area contributed by atoms with E-state index in [0.29, 0.717) is 37.7 Å². The summed E-state index contributed by atoms with van der Waals surface area (Å²) in [7, 11) is 0. The molecule has 3 amide bonds. The van der Waals surface area contributed by atoms with Crippen molar-refractivity contribution in [2.24, 2.45) is 0 Å². The zero-order valence-corrected chi connectivity index (χ0v) is 17.1. The number of ether oxygens (including phenoxy) is 1. The molecule has 2 N–H and O–H groups in total. The third kappa shape index (κ3) is 3.37. The Kier molecular flexibility index (Phi) is 4.59. The van der Waals surface area contributed by atoms with Gasteiger partial charge in [-0.05, 0) is 56.4 Å². The molecule has 3 atom stereocenters. The van der Waals surface area contributed by atoms with Crippen LogP contribution < -0.4 is 10.1 Å². The molecule has 8 nitrogen and oxygen atoms in total. The number of benzene rings is 1. The van der Waals surface area contributed by atoms with Gasteiger partial charge >= 0.3 is 0 Å². The Balaban J connectivity index is 1.28.